The van der Waals surface area contributed by atoms with Gasteiger partial charge in [-0.05, 0) is 11.6 Å². The summed E-state index contributed by atoms with van der Waals surface area (Å²) in [5.74, 6) is -1.40. The Hall–Kier alpha value is -2.77. The molecule has 0 spiro atoms. The highest BCUT2D eigenvalue weighted by Crippen LogP contribution is 2.36. The van der Waals surface area contributed by atoms with Gasteiger partial charge in [0.1, 0.15) is 5.75 Å². The third-order valence-electron chi connectivity index (χ3n) is 2.92. The number of hydrogen-bond acceptors (Lipinski definition) is 4. The molecule has 0 atom stereocenters. The number of carboxylic acids is 1. The number of hydrogen-bond donors (Lipinski definition) is 1. The molecule has 23 heavy (non-hydrogen) atoms. The van der Waals surface area contributed by atoms with E-state index < -0.39 is 24.5 Å². The molecule has 122 valence electrons. The molecular weight excluding hydrogens is 315 g/mol. The van der Waals surface area contributed by atoms with Gasteiger partial charge in [0.15, 0.2) is 0 Å². The first kappa shape index (κ1) is 16.6. The standard InChI is InChI=1S/C15H12F3NO4/c1-22-13-6-9(7-14(20)21)11(8-19-13)10-4-2-3-5-12(10)23-15(16,17)18/h2-6,8H,7H2,1H3,(H,20,21). The number of carbonyl (C=O) groups is 1. The molecule has 0 unspecified atom stereocenters. The largest absolute Gasteiger partial charge is 0.573 e. The van der Waals surface area contributed by atoms with E-state index in [1.165, 1.54) is 37.6 Å². The maximum Gasteiger partial charge on any atom is 0.573 e. The van der Waals surface area contributed by atoms with Gasteiger partial charge in [-0.1, -0.05) is 18.2 Å². The highest BCUT2D eigenvalue weighted by molar-refractivity contribution is 5.79. The van der Waals surface area contributed by atoms with E-state index in [2.05, 4.69) is 9.72 Å². The lowest BCUT2D eigenvalue weighted by molar-refractivity contribution is -0.274. The molecule has 1 heterocycles. The minimum Gasteiger partial charge on any atom is -0.481 e. The Morgan fingerprint density at radius 3 is 2.57 bits per heavy atom. The van der Waals surface area contributed by atoms with Crippen molar-refractivity contribution >= 4 is 5.97 Å². The fourth-order valence-corrected chi connectivity index (χ4v) is 2.04. The van der Waals surface area contributed by atoms with Gasteiger partial charge in [-0.2, -0.15) is 0 Å². The molecule has 1 aromatic carbocycles. The van der Waals surface area contributed by atoms with Crippen LogP contribution in [0.4, 0.5) is 13.2 Å². The number of benzene rings is 1. The van der Waals surface area contributed by atoms with Gasteiger partial charge in [0.05, 0.1) is 13.5 Å². The summed E-state index contributed by atoms with van der Waals surface area (Å²) in [6.45, 7) is 0. The Bertz CT molecular complexity index is 716. The zero-order valence-electron chi connectivity index (χ0n) is 11.9. The maximum absolute atomic E-state index is 12.5. The normalized spacial score (nSPS) is 11.1. The SMILES string of the molecule is COc1cc(CC(=O)O)c(-c2ccccc2OC(F)(F)F)cn1. The molecule has 0 fully saturated rings. The molecule has 5 nitrogen and oxygen atoms in total. The number of carboxylic acid groups (broad SMARTS) is 1. The van der Waals surface area contributed by atoms with E-state index in [0.717, 1.165) is 6.07 Å². The summed E-state index contributed by atoms with van der Waals surface area (Å²) in [6, 6.07) is 6.83. The molecule has 0 saturated heterocycles. The van der Waals surface area contributed by atoms with E-state index in [-0.39, 0.29) is 22.6 Å². The van der Waals surface area contributed by atoms with Gasteiger partial charge in [0.25, 0.3) is 0 Å². The van der Waals surface area contributed by atoms with Crippen LogP contribution in [0, 0.1) is 0 Å². The molecule has 0 amide bonds. The smallest absolute Gasteiger partial charge is 0.481 e. The third kappa shape index (κ3) is 4.35. The first-order valence-corrected chi connectivity index (χ1v) is 6.40. The molecule has 2 aromatic rings. The van der Waals surface area contributed by atoms with Crippen LogP contribution in [-0.2, 0) is 11.2 Å². The van der Waals surface area contributed by atoms with Gasteiger partial charge in [0.2, 0.25) is 5.88 Å². The highest BCUT2D eigenvalue weighted by Gasteiger charge is 2.32. The van der Waals surface area contributed by atoms with Crippen LogP contribution in [0.2, 0.25) is 0 Å². The first-order valence-electron chi connectivity index (χ1n) is 6.40. The van der Waals surface area contributed by atoms with Crippen molar-refractivity contribution in [2.75, 3.05) is 7.11 Å². The van der Waals surface area contributed by atoms with Crippen LogP contribution < -0.4 is 9.47 Å². The highest BCUT2D eigenvalue weighted by atomic mass is 19.4. The summed E-state index contributed by atoms with van der Waals surface area (Å²) in [6.07, 6.45) is -3.99. The van der Waals surface area contributed by atoms with Crippen molar-refractivity contribution in [2.45, 2.75) is 12.8 Å². The molecule has 0 radical (unpaired) electrons. The Kier molecular flexibility index (Phi) is 4.73. The molecule has 1 N–H and O–H groups in total. The van der Waals surface area contributed by atoms with Gasteiger partial charge in [-0.25, -0.2) is 4.98 Å². The lowest BCUT2D eigenvalue weighted by atomic mass is 9.99. The summed E-state index contributed by atoms with van der Waals surface area (Å²) < 4.78 is 46.5. The van der Waals surface area contributed by atoms with Crippen LogP contribution >= 0.6 is 0 Å². The summed E-state index contributed by atoms with van der Waals surface area (Å²) >= 11 is 0. The van der Waals surface area contributed by atoms with Crippen molar-refractivity contribution in [3.63, 3.8) is 0 Å². The Morgan fingerprint density at radius 1 is 1.26 bits per heavy atom. The number of methoxy groups -OCH3 is 1. The Balaban J connectivity index is 2.55. The van der Waals surface area contributed by atoms with Gasteiger partial charge in [-0.15, -0.1) is 13.2 Å². The summed E-state index contributed by atoms with van der Waals surface area (Å²) in [4.78, 5) is 14.9. The van der Waals surface area contributed by atoms with Gasteiger partial charge in [0, 0.05) is 23.4 Å². The molecule has 0 saturated carbocycles. The van der Waals surface area contributed by atoms with E-state index in [4.69, 9.17) is 9.84 Å². The van der Waals surface area contributed by atoms with Crippen LogP contribution in [0.1, 0.15) is 5.56 Å². The van der Waals surface area contributed by atoms with Crippen molar-refractivity contribution in [3.05, 3.63) is 42.1 Å². The van der Waals surface area contributed by atoms with E-state index >= 15 is 0 Å². The third-order valence-corrected chi connectivity index (χ3v) is 2.92. The van der Waals surface area contributed by atoms with Crippen LogP contribution in [0.25, 0.3) is 11.1 Å². The number of halogens is 3. The molecule has 0 aliphatic carbocycles. The van der Waals surface area contributed by atoms with Crippen LogP contribution in [0.5, 0.6) is 11.6 Å². The van der Waals surface area contributed by atoms with Crippen molar-refractivity contribution in [1.82, 2.24) is 4.98 Å². The first-order chi connectivity index (χ1) is 10.8. The molecule has 2 rings (SSSR count). The molecular formula is C15H12F3NO4. The lowest BCUT2D eigenvalue weighted by Gasteiger charge is -2.15. The molecule has 0 aliphatic heterocycles. The molecule has 8 heteroatoms. The summed E-state index contributed by atoms with van der Waals surface area (Å²) in [5, 5.41) is 8.99. The monoisotopic (exact) mass is 327 g/mol. The predicted octanol–water partition coefficient (Wildman–Crippen LogP) is 3.28. The Labute approximate surface area is 129 Å². The summed E-state index contributed by atoms with van der Waals surface area (Å²) in [5.41, 5.74) is 0.590. The number of para-hydroxylation sites is 1. The van der Waals surface area contributed by atoms with Crippen molar-refractivity contribution in [3.8, 4) is 22.8 Å². The molecule has 0 aliphatic rings. The van der Waals surface area contributed by atoms with Crippen LogP contribution in [-0.4, -0.2) is 29.5 Å². The molecule has 1 aromatic heterocycles. The number of alkyl halides is 3. The van der Waals surface area contributed by atoms with E-state index in [1.54, 1.807) is 0 Å². The second kappa shape index (κ2) is 6.55. The second-order valence-corrected chi connectivity index (χ2v) is 4.50. The predicted molar refractivity (Wildman–Crippen MR) is 74.2 cm³/mol. The number of ether oxygens (including phenoxy) is 2. The number of nitrogens with zero attached hydrogens (tertiary/aromatic N) is 1. The number of pyridine rings is 1. The van der Waals surface area contributed by atoms with Crippen molar-refractivity contribution in [2.24, 2.45) is 0 Å². The molecule has 0 bridgehead atoms. The van der Waals surface area contributed by atoms with E-state index in [1.807, 2.05) is 0 Å². The fraction of sp³-hybridized carbons (Fsp3) is 0.200. The van der Waals surface area contributed by atoms with Gasteiger partial charge < -0.3 is 14.6 Å². The van der Waals surface area contributed by atoms with Crippen LogP contribution in [0.15, 0.2) is 36.5 Å². The van der Waals surface area contributed by atoms with Crippen LogP contribution in [0.3, 0.4) is 0 Å². The minimum absolute atomic E-state index is 0.0937. The van der Waals surface area contributed by atoms with Gasteiger partial charge in [-0.3, -0.25) is 4.79 Å². The van der Waals surface area contributed by atoms with Crippen molar-refractivity contribution in [1.29, 1.82) is 0 Å². The quantitative estimate of drug-likeness (QED) is 0.913. The zero-order valence-corrected chi connectivity index (χ0v) is 11.9. The van der Waals surface area contributed by atoms with Crippen molar-refractivity contribution < 1.29 is 32.5 Å². The number of aromatic nitrogens is 1. The maximum atomic E-state index is 12.5. The van der Waals surface area contributed by atoms with Gasteiger partial charge >= 0.3 is 12.3 Å². The minimum atomic E-state index is -4.86. The second-order valence-electron chi connectivity index (χ2n) is 4.50. The topological polar surface area (TPSA) is 68.7 Å². The average Bonchev–Trinajstić information content (AvgIpc) is 2.46. The van der Waals surface area contributed by atoms with E-state index in [9.17, 15) is 18.0 Å². The average molecular weight is 327 g/mol. The Morgan fingerprint density at radius 2 is 1.96 bits per heavy atom. The van der Waals surface area contributed by atoms with E-state index in [0.29, 0.717) is 0 Å². The summed E-state index contributed by atoms with van der Waals surface area (Å²) in [7, 11) is 1.35. The fourth-order valence-electron chi connectivity index (χ4n) is 2.04. The number of aliphatic carboxylic acids is 1. The number of rotatable bonds is 5. The lowest BCUT2D eigenvalue weighted by Crippen LogP contribution is -2.17. The zero-order chi connectivity index (χ0) is 17.0.